The molecule has 1 aliphatic carbocycles. The Hall–Kier alpha value is -2.67. The minimum atomic E-state index is -1.05. The molecule has 1 aromatic rings. The first kappa shape index (κ1) is 23.6. The molecule has 0 spiro atoms. The van der Waals surface area contributed by atoms with E-state index < -0.39 is 18.0 Å². The van der Waals surface area contributed by atoms with Crippen LogP contribution in [0.5, 0.6) is 0 Å². The first-order valence-electron chi connectivity index (χ1n) is 9.79. The van der Waals surface area contributed by atoms with Gasteiger partial charge in [-0.05, 0) is 59.3 Å². The van der Waals surface area contributed by atoms with Gasteiger partial charge in [0.2, 0.25) is 0 Å². The summed E-state index contributed by atoms with van der Waals surface area (Å²) in [6, 6.07) is 9.60. The normalized spacial score (nSPS) is 14.5. The second-order valence-electron chi connectivity index (χ2n) is 6.68. The zero-order chi connectivity index (χ0) is 21.9. The van der Waals surface area contributed by atoms with E-state index in [2.05, 4.69) is 15.9 Å². The molecular weight excluding hydrogens is 452 g/mol. The Morgan fingerprint density at radius 3 is 2.53 bits per heavy atom. The maximum absolute atomic E-state index is 12.4. The van der Waals surface area contributed by atoms with E-state index >= 15 is 0 Å². The number of rotatable bonds is 11. The Morgan fingerprint density at radius 1 is 1.13 bits per heavy atom. The van der Waals surface area contributed by atoms with Crippen LogP contribution in [0.3, 0.4) is 0 Å². The van der Waals surface area contributed by atoms with E-state index in [0.717, 1.165) is 5.56 Å². The number of carboxylic acid groups (broad SMARTS) is 1. The summed E-state index contributed by atoms with van der Waals surface area (Å²) in [5, 5.41) is 9.54. The van der Waals surface area contributed by atoms with Crippen molar-refractivity contribution in [2.75, 3.05) is 6.61 Å². The number of ether oxygens (including phenoxy) is 2. The lowest BCUT2D eigenvalue weighted by molar-refractivity contribution is -0.148. The second-order valence-corrected chi connectivity index (χ2v) is 7.53. The quantitative estimate of drug-likeness (QED) is 0.473. The number of carboxylic acids is 1. The third-order valence-corrected chi connectivity index (χ3v) is 5.19. The van der Waals surface area contributed by atoms with Crippen LogP contribution in [0.25, 0.3) is 0 Å². The van der Waals surface area contributed by atoms with Crippen molar-refractivity contribution in [2.45, 2.75) is 45.1 Å². The van der Waals surface area contributed by atoms with E-state index in [0.29, 0.717) is 35.1 Å². The number of hydrogen-bond acceptors (Lipinski definition) is 5. The van der Waals surface area contributed by atoms with Gasteiger partial charge in [-0.2, -0.15) is 0 Å². The lowest BCUT2D eigenvalue weighted by Gasteiger charge is -2.17. The minimum Gasteiger partial charge on any atom is -0.479 e. The number of carbonyl (C=O) groups is 3. The van der Waals surface area contributed by atoms with Crippen LogP contribution in [-0.4, -0.2) is 35.5 Å². The summed E-state index contributed by atoms with van der Waals surface area (Å²) in [5.41, 5.74) is 1.55. The van der Waals surface area contributed by atoms with Gasteiger partial charge in [0, 0.05) is 6.42 Å². The lowest BCUT2D eigenvalue weighted by Crippen LogP contribution is -2.24. The molecule has 1 atom stereocenters. The SMILES string of the molecule is CCOC(=O)CCC(=O)C1=CC=C(OC(CCc2ccccc2)C(=O)O)C(Br)=CC1. The number of hydrogen-bond donors (Lipinski definition) is 1. The highest BCUT2D eigenvalue weighted by Crippen LogP contribution is 2.27. The first-order valence-corrected chi connectivity index (χ1v) is 10.6. The summed E-state index contributed by atoms with van der Waals surface area (Å²) in [7, 11) is 0. The van der Waals surface area contributed by atoms with Gasteiger partial charge in [-0.25, -0.2) is 4.79 Å². The van der Waals surface area contributed by atoms with Gasteiger partial charge in [0.1, 0.15) is 5.76 Å². The molecule has 0 saturated carbocycles. The van der Waals surface area contributed by atoms with E-state index in [-0.39, 0.29) is 25.2 Å². The number of esters is 1. The molecule has 0 radical (unpaired) electrons. The smallest absolute Gasteiger partial charge is 0.344 e. The predicted octanol–water partition coefficient (Wildman–Crippen LogP) is 4.49. The van der Waals surface area contributed by atoms with Gasteiger partial charge < -0.3 is 14.6 Å². The zero-order valence-electron chi connectivity index (χ0n) is 16.8. The maximum atomic E-state index is 12.4. The van der Waals surface area contributed by atoms with Crippen molar-refractivity contribution >= 4 is 33.7 Å². The van der Waals surface area contributed by atoms with Gasteiger partial charge in [0.15, 0.2) is 11.9 Å². The molecular formula is C23H25BrO6. The van der Waals surface area contributed by atoms with Crippen molar-refractivity contribution in [1.29, 1.82) is 0 Å². The molecule has 6 nitrogen and oxygen atoms in total. The van der Waals surface area contributed by atoms with Crippen molar-refractivity contribution in [3.8, 4) is 0 Å². The Kier molecular flexibility index (Phi) is 9.54. The summed E-state index contributed by atoms with van der Waals surface area (Å²) in [6.45, 7) is 2.00. The fraction of sp³-hybridized carbons (Fsp3) is 0.348. The van der Waals surface area contributed by atoms with Crippen molar-refractivity contribution in [1.82, 2.24) is 0 Å². The van der Waals surface area contributed by atoms with E-state index in [1.54, 1.807) is 25.2 Å². The summed E-state index contributed by atoms with van der Waals surface area (Å²) in [4.78, 5) is 35.5. The minimum absolute atomic E-state index is 0.0303. The van der Waals surface area contributed by atoms with Crippen LogP contribution < -0.4 is 0 Å². The van der Waals surface area contributed by atoms with E-state index in [9.17, 15) is 19.5 Å². The molecule has 160 valence electrons. The van der Waals surface area contributed by atoms with Crippen molar-refractivity contribution < 1.29 is 29.0 Å². The molecule has 7 heteroatoms. The van der Waals surface area contributed by atoms with Crippen molar-refractivity contribution in [3.05, 3.63) is 69.9 Å². The number of carbonyl (C=O) groups excluding carboxylic acids is 2. The molecule has 1 aromatic carbocycles. The highest BCUT2D eigenvalue weighted by Gasteiger charge is 2.22. The number of benzene rings is 1. The number of Topliss-reactive ketones (excluding diaryl/α,β-unsaturated/α-hetero) is 1. The number of halogens is 1. The van der Waals surface area contributed by atoms with Crippen molar-refractivity contribution in [2.24, 2.45) is 0 Å². The molecule has 0 aliphatic heterocycles. The van der Waals surface area contributed by atoms with Crippen LogP contribution in [-0.2, 0) is 30.3 Å². The Morgan fingerprint density at radius 2 is 1.87 bits per heavy atom. The topological polar surface area (TPSA) is 89.9 Å². The Labute approximate surface area is 184 Å². The molecule has 0 saturated heterocycles. The molecule has 0 aromatic heterocycles. The average molecular weight is 477 g/mol. The third-order valence-electron chi connectivity index (χ3n) is 4.47. The van der Waals surface area contributed by atoms with Gasteiger partial charge in [0.05, 0.1) is 17.5 Å². The summed E-state index contributed by atoms with van der Waals surface area (Å²) < 4.78 is 11.2. The van der Waals surface area contributed by atoms with Crippen LogP contribution >= 0.6 is 15.9 Å². The number of aliphatic carboxylic acids is 1. The highest BCUT2D eigenvalue weighted by molar-refractivity contribution is 9.11. The lowest BCUT2D eigenvalue weighted by atomic mass is 10.0. The maximum Gasteiger partial charge on any atom is 0.344 e. The van der Waals surface area contributed by atoms with Crippen LogP contribution in [0.4, 0.5) is 0 Å². The second kappa shape index (κ2) is 12.1. The number of aryl methyl sites for hydroxylation is 1. The molecule has 2 rings (SSSR count). The van der Waals surface area contributed by atoms with E-state index in [4.69, 9.17) is 9.47 Å². The Bertz CT molecular complexity index is 854. The number of allylic oxidation sites excluding steroid dienone is 5. The molecule has 1 N–H and O–H groups in total. The number of ketones is 1. The van der Waals surface area contributed by atoms with Crippen molar-refractivity contribution in [3.63, 3.8) is 0 Å². The predicted molar refractivity (Wildman–Crippen MR) is 116 cm³/mol. The largest absolute Gasteiger partial charge is 0.479 e. The van der Waals surface area contributed by atoms with E-state index in [1.807, 2.05) is 30.3 Å². The summed E-state index contributed by atoms with van der Waals surface area (Å²) in [5.74, 6) is -1.26. The molecule has 1 unspecified atom stereocenters. The zero-order valence-corrected chi connectivity index (χ0v) is 18.4. The van der Waals surface area contributed by atoms with Crippen LogP contribution in [0, 0.1) is 0 Å². The third kappa shape index (κ3) is 7.63. The van der Waals surface area contributed by atoms with Crippen LogP contribution in [0.15, 0.2) is 64.4 Å². The summed E-state index contributed by atoms with van der Waals surface area (Å²) >= 11 is 3.39. The molecule has 0 fully saturated rings. The molecule has 30 heavy (non-hydrogen) atoms. The van der Waals surface area contributed by atoms with Gasteiger partial charge in [-0.3, -0.25) is 9.59 Å². The van der Waals surface area contributed by atoms with E-state index in [1.165, 1.54) is 0 Å². The first-order chi connectivity index (χ1) is 14.4. The average Bonchev–Trinajstić information content (AvgIpc) is 2.91. The van der Waals surface area contributed by atoms with Crippen LogP contribution in [0.1, 0.15) is 38.2 Å². The fourth-order valence-electron chi connectivity index (χ4n) is 2.86. The van der Waals surface area contributed by atoms with Gasteiger partial charge in [-0.1, -0.05) is 42.5 Å². The molecule has 1 aliphatic rings. The summed E-state index contributed by atoms with van der Waals surface area (Å²) in [6.07, 6.45) is 5.26. The van der Waals surface area contributed by atoms with Gasteiger partial charge >= 0.3 is 11.9 Å². The van der Waals surface area contributed by atoms with Crippen LogP contribution in [0.2, 0.25) is 0 Å². The standard InChI is InChI=1S/C23H25BrO6/c1-2-29-22(26)15-12-19(25)17-9-11-18(24)20(14-10-17)30-21(23(27)28)13-8-16-6-4-3-5-7-16/h3-7,10-11,14,21H,2,8-9,12-13,15H2,1H3,(H,27,28). The Balaban J connectivity index is 2.02. The highest BCUT2D eigenvalue weighted by atomic mass is 79.9. The molecule has 0 amide bonds. The van der Waals surface area contributed by atoms with Gasteiger partial charge in [0.25, 0.3) is 0 Å². The fourth-order valence-corrected chi connectivity index (χ4v) is 3.25. The monoisotopic (exact) mass is 476 g/mol. The van der Waals surface area contributed by atoms with Gasteiger partial charge in [-0.15, -0.1) is 0 Å². The molecule has 0 bridgehead atoms. The molecule has 0 heterocycles.